The van der Waals surface area contributed by atoms with Gasteiger partial charge in [0, 0.05) is 37.2 Å². The summed E-state index contributed by atoms with van der Waals surface area (Å²) in [5.41, 5.74) is 2.39. The summed E-state index contributed by atoms with van der Waals surface area (Å²) in [6.07, 6.45) is -0.611. The number of anilines is 4. The van der Waals surface area contributed by atoms with Gasteiger partial charge in [-0.05, 0) is 50.2 Å². The van der Waals surface area contributed by atoms with Gasteiger partial charge >= 0.3 is 0 Å². The summed E-state index contributed by atoms with van der Waals surface area (Å²) < 4.78 is 5.65. The molecule has 1 heterocycles. The molecule has 1 amide bonds. The monoisotopic (exact) mass is 391 g/mol. The van der Waals surface area contributed by atoms with Gasteiger partial charge in [-0.1, -0.05) is 18.2 Å². The van der Waals surface area contributed by atoms with Crippen LogP contribution in [-0.2, 0) is 4.79 Å². The van der Waals surface area contributed by atoms with Crippen LogP contribution in [0.1, 0.15) is 12.6 Å². The van der Waals surface area contributed by atoms with Gasteiger partial charge in [-0.3, -0.25) is 4.79 Å². The molecule has 150 valence electrons. The van der Waals surface area contributed by atoms with Crippen LogP contribution in [0, 0.1) is 6.92 Å². The molecule has 1 atom stereocenters. The van der Waals surface area contributed by atoms with Gasteiger partial charge in [-0.15, -0.1) is 0 Å². The third-order valence-corrected chi connectivity index (χ3v) is 4.13. The minimum absolute atomic E-state index is 0.216. The molecule has 0 aliphatic carbocycles. The Kier molecular flexibility index (Phi) is 6.29. The predicted octanol–water partition coefficient (Wildman–Crippen LogP) is 4.00. The van der Waals surface area contributed by atoms with E-state index >= 15 is 0 Å². The molecular weight excluding hydrogens is 366 g/mol. The zero-order chi connectivity index (χ0) is 20.8. The Bertz CT molecular complexity index is 959. The number of ether oxygens (including phenoxy) is 1. The number of carbonyl (C=O) groups excluding carboxylic acids is 1. The van der Waals surface area contributed by atoms with Gasteiger partial charge in [0.1, 0.15) is 11.6 Å². The number of hydrogen-bond acceptors (Lipinski definition) is 6. The molecule has 7 nitrogen and oxygen atoms in total. The van der Waals surface area contributed by atoms with Gasteiger partial charge in [0.05, 0.1) is 0 Å². The third kappa shape index (κ3) is 5.68. The number of aryl methyl sites for hydroxylation is 1. The first-order valence-electron chi connectivity index (χ1n) is 9.33. The van der Waals surface area contributed by atoms with Crippen molar-refractivity contribution < 1.29 is 9.53 Å². The van der Waals surface area contributed by atoms with Crippen LogP contribution in [0.4, 0.5) is 23.1 Å². The van der Waals surface area contributed by atoms with E-state index in [4.69, 9.17) is 4.74 Å². The smallest absolute Gasteiger partial charge is 0.265 e. The average molecular weight is 391 g/mol. The molecule has 0 unspecified atom stereocenters. The molecule has 0 radical (unpaired) electrons. The second-order valence-electron chi connectivity index (χ2n) is 6.85. The fraction of sp³-hybridized carbons (Fsp3) is 0.227. The van der Waals surface area contributed by atoms with E-state index in [1.807, 2.05) is 86.6 Å². The average Bonchev–Trinajstić information content (AvgIpc) is 2.69. The Hall–Kier alpha value is -3.61. The zero-order valence-electron chi connectivity index (χ0n) is 17.0. The van der Waals surface area contributed by atoms with E-state index in [-0.39, 0.29) is 5.91 Å². The van der Waals surface area contributed by atoms with Crippen LogP contribution in [0.2, 0.25) is 0 Å². The number of nitrogens with one attached hydrogen (secondary N) is 2. The maximum absolute atomic E-state index is 12.4. The molecule has 0 aliphatic heterocycles. The van der Waals surface area contributed by atoms with Gasteiger partial charge in [0.25, 0.3) is 5.91 Å². The maximum atomic E-state index is 12.4. The van der Waals surface area contributed by atoms with Crippen LogP contribution in [0.15, 0.2) is 60.7 Å². The molecule has 2 aromatic carbocycles. The van der Waals surface area contributed by atoms with Crippen molar-refractivity contribution in [1.29, 1.82) is 0 Å². The van der Waals surface area contributed by atoms with E-state index in [9.17, 15) is 4.79 Å². The first kappa shape index (κ1) is 20.1. The highest BCUT2D eigenvalue weighted by atomic mass is 16.5. The van der Waals surface area contributed by atoms with E-state index in [1.54, 1.807) is 6.92 Å². The largest absolute Gasteiger partial charge is 0.481 e. The Balaban J connectivity index is 1.61. The number of nitrogens with zero attached hydrogens (tertiary/aromatic N) is 3. The van der Waals surface area contributed by atoms with Crippen LogP contribution >= 0.6 is 0 Å². The summed E-state index contributed by atoms with van der Waals surface area (Å²) >= 11 is 0. The Morgan fingerprint density at radius 3 is 2.31 bits per heavy atom. The molecule has 1 aromatic heterocycles. The van der Waals surface area contributed by atoms with Gasteiger partial charge in [0.2, 0.25) is 5.95 Å². The fourth-order valence-electron chi connectivity index (χ4n) is 2.60. The Morgan fingerprint density at radius 2 is 1.66 bits per heavy atom. The molecule has 7 heteroatoms. The third-order valence-electron chi connectivity index (χ3n) is 4.13. The molecule has 0 spiro atoms. The standard InChI is InChI=1S/C22H25N5O2/c1-15-14-20(27(3)4)26-22(23-15)25-18-12-10-17(11-13-18)24-21(28)16(2)29-19-8-6-5-7-9-19/h5-14,16H,1-4H3,(H,24,28)(H,23,25,26)/t16-/m1/s1. The minimum Gasteiger partial charge on any atom is -0.481 e. The molecule has 0 aliphatic rings. The van der Waals surface area contributed by atoms with E-state index in [1.165, 1.54) is 0 Å². The second kappa shape index (κ2) is 9.05. The predicted molar refractivity (Wildman–Crippen MR) is 116 cm³/mol. The SMILES string of the molecule is Cc1cc(N(C)C)nc(Nc2ccc(NC(=O)[C@@H](C)Oc3ccccc3)cc2)n1. The maximum Gasteiger partial charge on any atom is 0.265 e. The summed E-state index contributed by atoms with van der Waals surface area (Å²) in [5.74, 6) is 1.80. The lowest BCUT2D eigenvalue weighted by molar-refractivity contribution is -0.122. The molecule has 0 saturated heterocycles. The first-order valence-corrected chi connectivity index (χ1v) is 9.33. The number of hydrogen-bond donors (Lipinski definition) is 2. The number of benzene rings is 2. The van der Waals surface area contributed by atoms with Crippen LogP contribution in [0.3, 0.4) is 0 Å². The summed E-state index contributed by atoms with van der Waals surface area (Å²) in [5, 5.41) is 6.05. The van der Waals surface area contributed by atoms with Crippen molar-refractivity contribution in [1.82, 2.24) is 9.97 Å². The Labute approximate surface area is 170 Å². The zero-order valence-corrected chi connectivity index (χ0v) is 17.0. The van der Waals surface area contributed by atoms with Gasteiger partial charge in [-0.2, -0.15) is 4.98 Å². The minimum atomic E-state index is -0.611. The van der Waals surface area contributed by atoms with Crippen LogP contribution < -0.4 is 20.3 Å². The van der Waals surface area contributed by atoms with E-state index in [0.717, 1.165) is 17.2 Å². The number of aromatic nitrogens is 2. The highest BCUT2D eigenvalue weighted by molar-refractivity contribution is 5.94. The van der Waals surface area contributed by atoms with E-state index < -0.39 is 6.10 Å². The number of para-hydroxylation sites is 1. The van der Waals surface area contributed by atoms with E-state index in [2.05, 4.69) is 20.6 Å². The van der Waals surface area contributed by atoms with Gasteiger partial charge < -0.3 is 20.3 Å². The van der Waals surface area contributed by atoms with Crippen molar-refractivity contribution >= 4 is 29.0 Å². The summed E-state index contributed by atoms with van der Waals surface area (Å²) in [7, 11) is 3.87. The second-order valence-corrected chi connectivity index (χ2v) is 6.85. The summed E-state index contributed by atoms with van der Waals surface area (Å²) in [4.78, 5) is 23.2. The topological polar surface area (TPSA) is 79.4 Å². The molecule has 2 N–H and O–H groups in total. The Morgan fingerprint density at radius 1 is 1.00 bits per heavy atom. The van der Waals surface area contributed by atoms with Crippen LogP contribution in [0.5, 0.6) is 5.75 Å². The highest BCUT2D eigenvalue weighted by Gasteiger charge is 2.14. The van der Waals surface area contributed by atoms with Gasteiger partial charge in [0.15, 0.2) is 6.10 Å². The lowest BCUT2D eigenvalue weighted by Crippen LogP contribution is -2.30. The fourth-order valence-corrected chi connectivity index (χ4v) is 2.60. The number of amides is 1. The van der Waals surface area contributed by atoms with Crippen LogP contribution in [-0.4, -0.2) is 36.1 Å². The lowest BCUT2D eigenvalue weighted by Gasteiger charge is -2.15. The van der Waals surface area contributed by atoms with Crippen molar-refractivity contribution in [2.24, 2.45) is 0 Å². The quantitative estimate of drug-likeness (QED) is 0.634. The molecule has 0 bridgehead atoms. The molecular formula is C22H25N5O2. The molecule has 29 heavy (non-hydrogen) atoms. The summed E-state index contributed by atoms with van der Waals surface area (Å²) in [6, 6.07) is 18.5. The lowest BCUT2D eigenvalue weighted by atomic mass is 10.2. The molecule has 0 saturated carbocycles. The molecule has 3 rings (SSSR count). The first-order chi connectivity index (χ1) is 13.9. The molecule has 3 aromatic rings. The van der Waals surface area contributed by atoms with Crippen molar-refractivity contribution in [3.8, 4) is 5.75 Å². The molecule has 0 fully saturated rings. The highest BCUT2D eigenvalue weighted by Crippen LogP contribution is 2.19. The number of carbonyl (C=O) groups is 1. The van der Waals surface area contributed by atoms with Crippen molar-refractivity contribution in [2.45, 2.75) is 20.0 Å². The van der Waals surface area contributed by atoms with Crippen molar-refractivity contribution in [3.63, 3.8) is 0 Å². The van der Waals surface area contributed by atoms with E-state index in [0.29, 0.717) is 17.4 Å². The van der Waals surface area contributed by atoms with Crippen molar-refractivity contribution in [2.75, 3.05) is 29.6 Å². The van der Waals surface area contributed by atoms with Gasteiger partial charge in [-0.25, -0.2) is 4.98 Å². The summed E-state index contributed by atoms with van der Waals surface area (Å²) in [6.45, 7) is 3.65. The van der Waals surface area contributed by atoms with Crippen LogP contribution in [0.25, 0.3) is 0 Å². The normalized spacial score (nSPS) is 11.4. The van der Waals surface area contributed by atoms with Crippen molar-refractivity contribution in [3.05, 3.63) is 66.4 Å². The number of rotatable bonds is 7.